The maximum Gasteiger partial charge on any atom is 0.135 e. The Morgan fingerprint density at radius 1 is 1.33 bits per heavy atom. The SMILES string of the molecule is CC(CCN1CCC(=O)CC1C)c1ccccc1. The summed E-state index contributed by atoms with van der Waals surface area (Å²) < 4.78 is 0. The zero-order chi connectivity index (χ0) is 13.0. The second kappa shape index (κ2) is 6.14. The summed E-state index contributed by atoms with van der Waals surface area (Å²) >= 11 is 0. The predicted octanol–water partition coefficient (Wildman–Crippen LogP) is 3.23. The zero-order valence-corrected chi connectivity index (χ0v) is 11.4. The van der Waals surface area contributed by atoms with E-state index in [0.29, 0.717) is 17.7 Å². The molecular weight excluding hydrogens is 222 g/mol. The van der Waals surface area contributed by atoms with Crippen molar-refractivity contribution >= 4 is 5.78 Å². The Balaban J connectivity index is 1.83. The highest BCUT2D eigenvalue weighted by Crippen LogP contribution is 2.21. The van der Waals surface area contributed by atoms with Crippen molar-refractivity contribution in [3.63, 3.8) is 0 Å². The molecule has 98 valence electrons. The third-order valence-electron chi connectivity index (χ3n) is 4.04. The van der Waals surface area contributed by atoms with Crippen LogP contribution in [0.25, 0.3) is 0 Å². The maximum absolute atomic E-state index is 11.4. The summed E-state index contributed by atoms with van der Waals surface area (Å²) in [5, 5.41) is 0. The van der Waals surface area contributed by atoms with E-state index in [4.69, 9.17) is 0 Å². The lowest BCUT2D eigenvalue weighted by Gasteiger charge is -2.33. The van der Waals surface area contributed by atoms with Gasteiger partial charge in [-0.1, -0.05) is 37.3 Å². The lowest BCUT2D eigenvalue weighted by atomic mass is 9.96. The van der Waals surface area contributed by atoms with Gasteiger partial charge in [0.1, 0.15) is 5.78 Å². The molecule has 1 saturated heterocycles. The Kier molecular flexibility index (Phi) is 4.54. The molecular formula is C16H23NO. The fraction of sp³-hybridized carbons (Fsp3) is 0.562. The van der Waals surface area contributed by atoms with Crippen molar-refractivity contribution in [2.45, 2.75) is 45.1 Å². The Morgan fingerprint density at radius 2 is 2.06 bits per heavy atom. The highest BCUT2D eigenvalue weighted by atomic mass is 16.1. The van der Waals surface area contributed by atoms with Gasteiger partial charge in [0.05, 0.1) is 0 Å². The summed E-state index contributed by atoms with van der Waals surface area (Å²) in [6, 6.07) is 11.1. The Hall–Kier alpha value is -1.15. The lowest BCUT2D eigenvalue weighted by molar-refractivity contribution is -0.122. The maximum atomic E-state index is 11.4. The van der Waals surface area contributed by atoms with Crippen molar-refractivity contribution in [3.05, 3.63) is 35.9 Å². The molecule has 2 nitrogen and oxygen atoms in total. The standard InChI is InChI=1S/C16H23NO/c1-13(15-6-4-3-5-7-15)8-10-17-11-9-16(18)12-14(17)2/h3-7,13-14H,8-12H2,1-2H3. The van der Waals surface area contributed by atoms with Gasteiger partial charge in [0, 0.05) is 25.4 Å². The average Bonchev–Trinajstić information content (AvgIpc) is 2.38. The number of hydrogen-bond acceptors (Lipinski definition) is 2. The van der Waals surface area contributed by atoms with Crippen LogP contribution in [0.1, 0.15) is 44.6 Å². The molecule has 1 aromatic rings. The predicted molar refractivity (Wildman–Crippen MR) is 74.8 cm³/mol. The van der Waals surface area contributed by atoms with E-state index in [0.717, 1.165) is 25.9 Å². The minimum Gasteiger partial charge on any atom is -0.300 e. The molecule has 2 heteroatoms. The third kappa shape index (κ3) is 3.42. The van der Waals surface area contributed by atoms with Crippen molar-refractivity contribution in [1.82, 2.24) is 4.90 Å². The molecule has 0 saturated carbocycles. The monoisotopic (exact) mass is 245 g/mol. The van der Waals surface area contributed by atoms with Crippen LogP contribution in [0.15, 0.2) is 30.3 Å². The van der Waals surface area contributed by atoms with Crippen LogP contribution in [0.5, 0.6) is 0 Å². The molecule has 0 aliphatic carbocycles. The number of hydrogen-bond donors (Lipinski definition) is 0. The fourth-order valence-electron chi connectivity index (χ4n) is 2.69. The van der Waals surface area contributed by atoms with Gasteiger partial charge in [0.25, 0.3) is 0 Å². The van der Waals surface area contributed by atoms with Gasteiger partial charge >= 0.3 is 0 Å². The Bertz CT molecular complexity index is 387. The number of piperidine rings is 1. The second-order valence-electron chi connectivity index (χ2n) is 5.48. The minimum atomic E-state index is 0.425. The van der Waals surface area contributed by atoms with E-state index in [9.17, 15) is 4.79 Å². The van der Waals surface area contributed by atoms with Crippen LogP contribution in [-0.2, 0) is 4.79 Å². The van der Waals surface area contributed by atoms with Gasteiger partial charge in [-0.2, -0.15) is 0 Å². The van der Waals surface area contributed by atoms with E-state index in [-0.39, 0.29) is 0 Å². The quantitative estimate of drug-likeness (QED) is 0.811. The van der Waals surface area contributed by atoms with E-state index >= 15 is 0 Å². The summed E-state index contributed by atoms with van der Waals surface area (Å²) in [6.07, 6.45) is 2.65. The number of benzene rings is 1. The van der Waals surface area contributed by atoms with Gasteiger partial charge in [-0.25, -0.2) is 0 Å². The topological polar surface area (TPSA) is 20.3 Å². The van der Waals surface area contributed by atoms with Gasteiger partial charge in [0.15, 0.2) is 0 Å². The van der Waals surface area contributed by atoms with E-state index in [2.05, 4.69) is 49.1 Å². The molecule has 0 spiro atoms. The number of likely N-dealkylation sites (tertiary alicyclic amines) is 1. The minimum absolute atomic E-state index is 0.425. The van der Waals surface area contributed by atoms with E-state index in [1.165, 1.54) is 12.0 Å². The molecule has 2 atom stereocenters. The second-order valence-corrected chi connectivity index (χ2v) is 5.48. The first-order valence-electron chi connectivity index (χ1n) is 6.97. The summed E-state index contributed by atoms with van der Waals surface area (Å²) in [6.45, 7) is 6.51. The normalized spacial score (nSPS) is 23.0. The summed E-state index contributed by atoms with van der Waals surface area (Å²) in [5.74, 6) is 1.02. The van der Waals surface area contributed by atoms with E-state index in [1.807, 2.05) is 0 Å². The number of carbonyl (C=O) groups is 1. The third-order valence-corrected chi connectivity index (χ3v) is 4.04. The first-order valence-corrected chi connectivity index (χ1v) is 6.97. The molecule has 18 heavy (non-hydrogen) atoms. The molecule has 0 aromatic heterocycles. The molecule has 0 N–H and O–H groups in total. The van der Waals surface area contributed by atoms with Crippen LogP contribution in [0.3, 0.4) is 0 Å². The van der Waals surface area contributed by atoms with E-state index in [1.54, 1.807) is 0 Å². The van der Waals surface area contributed by atoms with Gasteiger partial charge in [0.2, 0.25) is 0 Å². The first-order chi connectivity index (χ1) is 8.66. The number of ketones is 1. The molecule has 1 aliphatic heterocycles. The Morgan fingerprint density at radius 3 is 2.72 bits per heavy atom. The first kappa shape index (κ1) is 13.3. The van der Waals surface area contributed by atoms with Gasteiger partial charge in [-0.15, -0.1) is 0 Å². The number of rotatable bonds is 4. The van der Waals surface area contributed by atoms with Crippen molar-refractivity contribution in [2.24, 2.45) is 0 Å². The summed E-state index contributed by atoms with van der Waals surface area (Å²) in [7, 11) is 0. The molecule has 2 unspecified atom stereocenters. The highest BCUT2D eigenvalue weighted by Gasteiger charge is 2.23. The molecule has 0 radical (unpaired) electrons. The van der Waals surface area contributed by atoms with Gasteiger partial charge in [-0.05, 0) is 31.4 Å². The average molecular weight is 245 g/mol. The van der Waals surface area contributed by atoms with Crippen LogP contribution >= 0.6 is 0 Å². The summed E-state index contributed by atoms with van der Waals surface area (Å²) in [5.41, 5.74) is 1.42. The smallest absolute Gasteiger partial charge is 0.135 e. The van der Waals surface area contributed by atoms with Crippen LogP contribution < -0.4 is 0 Å². The molecule has 0 bridgehead atoms. The van der Waals surface area contributed by atoms with Crippen molar-refractivity contribution in [3.8, 4) is 0 Å². The molecule has 2 rings (SSSR count). The molecule has 1 aromatic carbocycles. The zero-order valence-electron chi connectivity index (χ0n) is 11.4. The van der Waals surface area contributed by atoms with E-state index < -0.39 is 0 Å². The number of nitrogens with zero attached hydrogens (tertiary/aromatic N) is 1. The van der Waals surface area contributed by atoms with Crippen LogP contribution in [0.4, 0.5) is 0 Å². The van der Waals surface area contributed by atoms with Crippen LogP contribution in [-0.4, -0.2) is 29.8 Å². The van der Waals surface area contributed by atoms with Crippen molar-refractivity contribution < 1.29 is 4.79 Å². The van der Waals surface area contributed by atoms with Crippen LogP contribution in [0, 0.1) is 0 Å². The molecule has 1 fully saturated rings. The molecule has 0 amide bonds. The summed E-state index contributed by atoms with van der Waals surface area (Å²) in [4.78, 5) is 13.8. The fourth-order valence-corrected chi connectivity index (χ4v) is 2.69. The van der Waals surface area contributed by atoms with Crippen LogP contribution in [0.2, 0.25) is 0 Å². The number of Topliss-reactive ketones (excluding diaryl/α,β-unsaturated/α-hetero) is 1. The highest BCUT2D eigenvalue weighted by molar-refractivity contribution is 5.79. The number of carbonyl (C=O) groups excluding carboxylic acids is 1. The van der Waals surface area contributed by atoms with Gasteiger partial charge in [-0.3, -0.25) is 9.69 Å². The largest absolute Gasteiger partial charge is 0.300 e. The molecule has 1 aliphatic rings. The van der Waals surface area contributed by atoms with Crippen molar-refractivity contribution in [2.75, 3.05) is 13.1 Å². The lowest BCUT2D eigenvalue weighted by Crippen LogP contribution is -2.41. The van der Waals surface area contributed by atoms with Gasteiger partial charge < -0.3 is 0 Å². The molecule has 1 heterocycles. The Labute approximate surface area is 110 Å². The van der Waals surface area contributed by atoms with Crippen molar-refractivity contribution in [1.29, 1.82) is 0 Å².